The van der Waals surface area contributed by atoms with Crippen molar-refractivity contribution in [2.45, 2.75) is 0 Å². The fraction of sp³-hybridized carbons (Fsp3) is 0.200. The molecule has 0 amide bonds. The standard InChI is InChI=1S/C10H11NO/c1-12-10-7-3-2-5-9(10)6-4-8-11/h2-3,5,7H,8,11H2,1H3. The number of methoxy groups -OCH3 is 1. The van der Waals surface area contributed by atoms with Crippen molar-refractivity contribution in [2.75, 3.05) is 13.7 Å². The second-order valence-electron chi connectivity index (χ2n) is 2.21. The lowest BCUT2D eigenvalue weighted by molar-refractivity contribution is 0.413. The SMILES string of the molecule is COc1ccccc1C#CCN. The maximum absolute atomic E-state index is 5.25. The van der Waals surface area contributed by atoms with E-state index in [2.05, 4.69) is 11.8 Å². The van der Waals surface area contributed by atoms with Crippen LogP contribution >= 0.6 is 0 Å². The summed E-state index contributed by atoms with van der Waals surface area (Å²) in [6.45, 7) is 0.373. The van der Waals surface area contributed by atoms with Crippen molar-refractivity contribution in [1.82, 2.24) is 0 Å². The van der Waals surface area contributed by atoms with Gasteiger partial charge >= 0.3 is 0 Å². The molecular formula is C10H11NO. The Bertz CT molecular complexity index is 309. The summed E-state index contributed by atoms with van der Waals surface area (Å²) in [6, 6.07) is 7.61. The predicted octanol–water partition coefficient (Wildman–Crippen LogP) is 1.01. The molecule has 0 aromatic heterocycles. The van der Waals surface area contributed by atoms with Gasteiger partial charge < -0.3 is 10.5 Å². The van der Waals surface area contributed by atoms with Gasteiger partial charge in [-0.25, -0.2) is 0 Å². The molecule has 0 bridgehead atoms. The van der Waals surface area contributed by atoms with Gasteiger partial charge in [0.15, 0.2) is 0 Å². The molecule has 0 aliphatic heterocycles. The van der Waals surface area contributed by atoms with Crippen LogP contribution in [0.25, 0.3) is 0 Å². The maximum atomic E-state index is 5.25. The lowest BCUT2D eigenvalue weighted by Gasteiger charge is -2.00. The highest BCUT2D eigenvalue weighted by Crippen LogP contribution is 2.15. The first-order valence-corrected chi connectivity index (χ1v) is 3.70. The van der Waals surface area contributed by atoms with Gasteiger partial charge in [0.05, 0.1) is 19.2 Å². The fourth-order valence-electron chi connectivity index (χ4n) is 0.894. The zero-order valence-corrected chi connectivity index (χ0v) is 7.00. The predicted molar refractivity (Wildman–Crippen MR) is 48.9 cm³/mol. The summed E-state index contributed by atoms with van der Waals surface area (Å²) in [5.74, 6) is 6.49. The molecule has 0 atom stereocenters. The molecule has 0 radical (unpaired) electrons. The van der Waals surface area contributed by atoms with Gasteiger partial charge in [0.2, 0.25) is 0 Å². The number of nitrogens with two attached hydrogens (primary N) is 1. The minimum absolute atomic E-state index is 0.373. The molecule has 0 fully saturated rings. The van der Waals surface area contributed by atoms with Crippen LogP contribution in [-0.4, -0.2) is 13.7 Å². The van der Waals surface area contributed by atoms with Crippen molar-refractivity contribution in [3.63, 3.8) is 0 Å². The molecule has 62 valence electrons. The van der Waals surface area contributed by atoms with Crippen LogP contribution < -0.4 is 10.5 Å². The van der Waals surface area contributed by atoms with E-state index in [-0.39, 0.29) is 0 Å². The molecule has 2 heteroatoms. The fourth-order valence-corrected chi connectivity index (χ4v) is 0.894. The quantitative estimate of drug-likeness (QED) is 0.624. The monoisotopic (exact) mass is 161 g/mol. The first kappa shape index (κ1) is 8.63. The molecule has 0 spiro atoms. The Morgan fingerprint density at radius 1 is 1.42 bits per heavy atom. The number of rotatable bonds is 1. The van der Waals surface area contributed by atoms with E-state index in [9.17, 15) is 0 Å². The molecule has 0 aliphatic carbocycles. The van der Waals surface area contributed by atoms with Crippen LogP contribution in [0.5, 0.6) is 5.75 Å². The number of ether oxygens (including phenoxy) is 1. The van der Waals surface area contributed by atoms with E-state index >= 15 is 0 Å². The van der Waals surface area contributed by atoms with Gasteiger partial charge in [-0.1, -0.05) is 24.0 Å². The van der Waals surface area contributed by atoms with Crippen LogP contribution in [0.1, 0.15) is 5.56 Å². The number of hydrogen-bond donors (Lipinski definition) is 1. The molecule has 2 N–H and O–H groups in total. The van der Waals surface area contributed by atoms with Crippen LogP contribution in [0.2, 0.25) is 0 Å². The van der Waals surface area contributed by atoms with E-state index in [0.29, 0.717) is 6.54 Å². The van der Waals surface area contributed by atoms with E-state index in [1.54, 1.807) is 7.11 Å². The van der Waals surface area contributed by atoms with E-state index in [1.165, 1.54) is 0 Å². The van der Waals surface area contributed by atoms with Crippen molar-refractivity contribution in [3.05, 3.63) is 29.8 Å². The molecule has 0 unspecified atom stereocenters. The van der Waals surface area contributed by atoms with Gasteiger partial charge in [0.25, 0.3) is 0 Å². The van der Waals surface area contributed by atoms with Gasteiger partial charge in [-0.05, 0) is 12.1 Å². The Hall–Kier alpha value is -1.46. The Morgan fingerprint density at radius 2 is 2.17 bits per heavy atom. The average molecular weight is 161 g/mol. The minimum Gasteiger partial charge on any atom is -0.495 e. The van der Waals surface area contributed by atoms with E-state index in [1.807, 2.05) is 24.3 Å². The highest BCUT2D eigenvalue weighted by atomic mass is 16.5. The first-order valence-electron chi connectivity index (χ1n) is 3.70. The van der Waals surface area contributed by atoms with Gasteiger partial charge in [-0.2, -0.15) is 0 Å². The molecule has 0 aliphatic rings. The van der Waals surface area contributed by atoms with Crippen molar-refractivity contribution in [1.29, 1.82) is 0 Å². The minimum atomic E-state index is 0.373. The van der Waals surface area contributed by atoms with E-state index in [4.69, 9.17) is 10.5 Å². The second kappa shape index (κ2) is 4.42. The normalized spacial score (nSPS) is 8.50. The Morgan fingerprint density at radius 3 is 2.83 bits per heavy atom. The summed E-state index contributed by atoms with van der Waals surface area (Å²) in [6.07, 6.45) is 0. The summed E-state index contributed by atoms with van der Waals surface area (Å²) < 4.78 is 5.10. The molecule has 12 heavy (non-hydrogen) atoms. The molecule has 1 rings (SSSR count). The van der Waals surface area contributed by atoms with E-state index in [0.717, 1.165) is 11.3 Å². The summed E-state index contributed by atoms with van der Waals surface area (Å²) in [4.78, 5) is 0. The van der Waals surface area contributed by atoms with Crippen LogP contribution in [0, 0.1) is 11.8 Å². The van der Waals surface area contributed by atoms with Gasteiger partial charge in [0.1, 0.15) is 5.75 Å². The third-order valence-electron chi connectivity index (χ3n) is 1.43. The molecule has 1 aromatic carbocycles. The lowest BCUT2D eigenvalue weighted by atomic mass is 10.2. The topological polar surface area (TPSA) is 35.2 Å². The van der Waals surface area contributed by atoms with Crippen molar-refractivity contribution >= 4 is 0 Å². The molecule has 0 heterocycles. The van der Waals surface area contributed by atoms with Gasteiger partial charge in [-0.15, -0.1) is 0 Å². The van der Waals surface area contributed by atoms with Crippen LogP contribution in [0.3, 0.4) is 0 Å². The molecule has 2 nitrogen and oxygen atoms in total. The van der Waals surface area contributed by atoms with Crippen LogP contribution in [0.4, 0.5) is 0 Å². The number of hydrogen-bond acceptors (Lipinski definition) is 2. The summed E-state index contributed by atoms with van der Waals surface area (Å²) in [5, 5.41) is 0. The third kappa shape index (κ3) is 2.01. The van der Waals surface area contributed by atoms with Gasteiger partial charge in [-0.3, -0.25) is 0 Å². The smallest absolute Gasteiger partial charge is 0.134 e. The Kier molecular flexibility index (Phi) is 3.18. The van der Waals surface area contributed by atoms with E-state index < -0.39 is 0 Å². The molecule has 1 aromatic rings. The largest absolute Gasteiger partial charge is 0.495 e. The number of para-hydroxylation sites is 1. The summed E-state index contributed by atoms with van der Waals surface area (Å²) in [7, 11) is 1.63. The Labute approximate surface area is 72.3 Å². The van der Waals surface area contributed by atoms with Crippen LogP contribution in [-0.2, 0) is 0 Å². The molecule has 0 saturated carbocycles. The Balaban J connectivity index is 2.97. The zero-order valence-electron chi connectivity index (χ0n) is 7.00. The van der Waals surface area contributed by atoms with Crippen molar-refractivity contribution < 1.29 is 4.74 Å². The lowest BCUT2D eigenvalue weighted by Crippen LogP contribution is -1.93. The zero-order chi connectivity index (χ0) is 8.81. The van der Waals surface area contributed by atoms with Crippen LogP contribution in [0.15, 0.2) is 24.3 Å². The summed E-state index contributed by atoms with van der Waals surface area (Å²) >= 11 is 0. The molecule has 0 saturated heterocycles. The average Bonchev–Trinajstić information content (AvgIpc) is 2.15. The number of benzene rings is 1. The van der Waals surface area contributed by atoms with Crippen molar-refractivity contribution in [3.8, 4) is 17.6 Å². The highest BCUT2D eigenvalue weighted by molar-refractivity contribution is 5.45. The maximum Gasteiger partial charge on any atom is 0.134 e. The van der Waals surface area contributed by atoms with Gasteiger partial charge in [0, 0.05) is 0 Å². The first-order chi connectivity index (χ1) is 5.88. The second-order valence-corrected chi connectivity index (χ2v) is 2.21. The van der Waals surface area contributed by atoms with Crippen molar-refractivity contribution in [2.24, 2.45) is 5.73 Å². The highest BCUT2D eigenvalue weighted by Gasteiger charge is 1.95. The molecular weight excluding hydrogens is 150 g/mol. The summed E-state index contributed by atoms with van der Waals surface area (Å²) in [5.41, 5.74) is 6.13. The third-order valence-corrected chi connectivity index (χ3v) is 1.43.